The topological polar surface area (TPSA) is 76.8 Å². The number of methoxy groups -OCH3 is 1. The fraction of sp³-hybridized carbons (Fsp3) is 0.154. The largest absolute Gasteiger partial charge is 0.497 e. The third kappa shape index (κ3) is 2.83. The summed E-state index contributed by atoms with van der Waals surface area (Å²) in [6.45, 7) is 0. The second-order valence-electron chi connectivity index (χ2n) is 3.95. The zero-order valence-electron chi connectivity index (χ0n) is 10.7. The van der Waals surface area contributed by atoms with Crippen LogP contribution in [0.2, 0.25) is 0 Å². The van der Waals surface area contributed by atoms with Gasteiger partial charge in [0.2, 0.25) is 5.89 Å². The van der Waals surface area contributed by atoms with Gasteiger partial charge < -0.3 is 9.15 Å². The van der Waals surface area contributed by atoms with Crippen LogP contribution in [-0.4, -0.2) is 27.3 Å². The number of ether oxygens (including phenoxy) is 1. The van der Waals surface area contributed by atoms with Crippen LogP contribution < -0.4 is 4.74 Å². The molecule has 0 aliphatic heterocycles. The normalized spacial score (nSPS) is 10.7. The second-order valence-corrected chi connectivity index (χ2v) is 4.92. The maximum Gasteiger partial charge on any atom is 0.226 e. The van der Waals surface area contributed by atoms with Gasteiger partial charge >= 0.3 is 0 Å². The lowest BCUT2D eigenvalue weighted by atomic mass is 10.2. The van der Waals surface area contributed by atoms with Gasteiger partial charge in [0.05, 0.1) is 12.8 Å². The lowest BCUT2D eigenvalue weighted by Crippen LogP contribution is -1.84. The van der Waals surface area contributed by atoms with Crippen LogP contribution in [0.1, 0.15) is 5.69 Å². The first-order valence-corrected chi connectivity index (χ1v) is 6.91. The first kappa shape index (κ1) is 12.7. The fourth-order valence-corrected chi connectivity index (χ4v) is 2.30. The highest BCUT2D eigenvalue weighted by Crippen LogP contribution is 2.24. The molecule has 0 unspecified atom stereocenters. The van der Waals surface area contributed by atoms with Crippen LogP contribution in [0, 0.1) is 0 Å². The molecular weight excluding hydrogens is 276 g/mol. The number of thioether (sulfide) groups is 1. The molecule has 0 amide bonds. The first-order valence-electron chi connectivity index (χ1n) is 5.92. The van der Waals surface area contributed by atoms with Crippen LogP contribution >= 0.6 is 11.8 Å². The minimum Gasteiger partial charge on any atom is -0.497 e. The summed E-state index contributed by atoms with van der Waals surface area (Å²) >= 11 is 1.52. The lowest BCUT2D eigenvalue weighted by Gasteiger charge is -1.99. The standard InChI is InChI=1S/C13H12N4O2S/c1-18-11-4-2-9(3-5-11)12-16-10(6-19-12)7-20-13-14-8-15-17-13/h2-6,8H,7H2,1H3,(H,14,15,17). The molecule has 1 N–H and O–H groups in total. The van der Waals surface area contributed by atoms with Crippen LogP contribution in [0.3, 0.4) is 0 Å². The summed E-state index contributed by atoms with van der Waals surface area (Å²) in [6, 6.07) is 7.58. The molecule has 0 fully saturated rings. The Labute approximate surface area is 119 Å². The Bertz CT molecular complexity index is 664. The van der Waals surface area contributed by atoms with Crippen LogP contribution in [0.4, 0.5) is 0 Å². The summed E-state index contributed by atoms with van der Waals surface area (Å²) < 4.78 is 10.6. The first-order chi connectivity index (χ1) is 9.85. The molecule has 0 radical (unpaired) electrons. The minimum absolute atomic E-state index is 0.598. The number of aromatic nitrogens is 4. The van der Waals surface area contributed by atoms with E-state index in [1.165, 1.54) is 18.1 Å². The van der Waals surface area contributed by atoms with Crippen molar-refractivity contribution in [1.29, 1.82) is 0 Å². The van der Waals surface area contributed by atoms with Crippen molar-refractivity contribution >= 4 is 11.8 Å². The number of benzene rings is 1. The fourth-order valence-electron chi connectivity index (χ4n) is 1.65. The molecule has 20 heavy (non-hydrogen) atoms. The molecule has 0 aliphatic carbocycles. The van der Waals surface area contributed by atoms with Gasteiger partial charge in [0.15, 0.2) is 5.16 Å². The van der Waals surface area contributed by atoms with Gasteiger partial charge in [0.25, 0.3) is 0 Å². The van der Waals surface area contributed by atoms with E-state index in [0.717, 1.165) is 22.2 Å². The number of rotatable bonds is 5. The Hall–Kier alpha value is -2.28. The Morgan fingerprint density at radius 2 is 2.15 bits per heavy atom. The number of nitrogens with one attached hydrogen (secondary N) is 1. The predicted octanol–water partition coefficient (Wildman–Crippen LogP) is 2.76. The number of H-pyrrole nitrogens is 1. The quantitative estimate of drug-likeness (QED) is 0.727. The highest BCUT2D eigenvalue weighted by molar-refractivity contribution is 7.98. The van der Waals surface area contributed by atoms with E-state index in [2.05, 4.69) is 20.2 Å². The highest BCUT2D eigenvalue weighted by atomic mass is 32.2. The highest BCUT2D eigenvalue weighted by Gasteiger charge is 2.08. The molecule has 6 nitrogen and oxygen atoms in total. The lowest BCUT2D eigenvalue weighted by molar-refractivity contribution is 0.415. The zero-order valence-corrected chi connectivity index (χ0v) is 11.6. The number of hydrogen-bond acceptors (Lipinski definition) is 6. The Morgan fingerprint density at radius 3 is 2.85 bits per heavy atom. The molecule has 3 aromatic rings. The van der Waals surface area contributed by atoms with E-state index in [1.807, 2.05) is 24.3 Å². The summed E-state index contributed by atoms with van der Waals surface area (Å²) in [5.74, 6) is 2.08. The monoisotopic (exact) mass is 288 g/mol. The van der Waals surface area contributed by atoms with Crippen LogP contribution in [0.15, 0.2) is 46.4 Å². The molecule has 3 rings (SSSR count). The average molecular weight is 288 g/mol. The molecule has 0 saturated carbocycles. The van der Waals surface area contributed by atoms with Gasteiger partial charge in [-0.3, -0.25) is 5.10 Å². The van der Waals surface area contributed by atoms with E-state index < -0.39 is 0 Å². The molecular formula is C13H12N4O2S. The van der Waals surface area contributed by atoms with E-state index in [0.29, 0.717) is 11.6 Å². The Morgan fingerprint density at radius 1 is 1.30 bits per heavy atom. The van der Waals surface area contributed by atoms with E-state index in [-0.39, 0.29) is 0 Å². The SMILES string of the molecule is COc1ccc(-c2nc(CSc3ncn[nH]3)co2)cc1. The third-order valence-electron chi connectivity index (χ3n) is 2.64. The molecule has 0 atom stereocenters. The summed E-state index contributed by atoms with van der Waals surface area (Å²) in [5.41, 5.74) is 1.78. The number of nitrogens with zero attached hydrogens (tertiary/aromatic N) is 3. The van der Waals surface area contributed by atoms with Gasteiger partial charge in [-0.1, -0.05) is 11.8 Å². The zero-order chi connectivity index (χ0) is 13.8. The summed E-state index contributed by atoms with van der Waals surface area (Å²) in [5, 5.41) is 7.34. The molecule has 102 valence electrons. The van der Waals surface area contributed by atoms with Gasteiger partial charge in [-0.25, -0.2) is 9.97 Å². The van der Waals surface area contributed by atoms with E-state index in [9.17, 15) is 0 Å². The molecule has 1 aromatic carbocycles. The number of hydrogen-bond donors (Lipinski definition) is 1. The summed E-state index contributed by atoms with van der Waals surface area (Å²) in [4.78, 5) is 8.48. The smallest absolute Gasteiger partial charge is 0.226 e. The van der Waals surface area contributed by atoms with Crippen molar-refractivity contribution in [2.45, 2.75) is 10.9 Å². The van der Waals surface area contributed by atoms with E-state index >= 15 is 0 Å². The molecule has 0 spiro atoms. The second kappa shape index (κ2) is 5.79. The predicted molar refractivity (Wildman–Crippen MR) is 74.4 cm³/mol. The van der Waals surface area contributed by atoms with Crippen molar-refractivity contribution in [3.05, 3.63) is 42.5 Å². The molecule has 0 aliphatic rings. The summed E-state index contributed by atoms with van der Waals surface area (Å²) in [6.07, 6.45) is 3.14. The number of aromatic amines is 1. The third-order valence-corrected chi connectivity index (χ3v) is 3.55. The van der Waals surface area contributed by atoms with Gasteiger partial charge in [-0.2, -0.15) is 5.10 Å². The maximum atomic E-state index is 5.48. The van der Waals surface area contributed by atoms with Crippen molar-refractivity contribution in [2.24, 2.45) is 0 Å². The van der Waals surface area contributed by atoms with Crippen LogP contribution in [0.25, 0.3) is 11.5 Å². The van der Waals surface area contributed by atoms with Crippen molar-refractivity contribution in [1.82, 2.24) is 20.2 Å². The molecule has 2 aromatic heterocycles. The maximum absolute atomic E-state index is 5.48. The molecule has 7 heteroatoms. The molecule has 0 saturated heterocycles. The van der Waals surface area contributed by atoms with Gasteiger partial charge in [0, 0.05) is 11.3 Å². The van der Waals surface area contributed by atoms with Crippen molar-refractivity contribution in [3.63, 3.8) is 0 Å². The van der Waals surface area contributed by atoms with Crippen LogP contribution in [0.5, 0.6) is 5.75 Å². The average Bonchev–Trinajstić information content (AvgIpc) is 3.17. The van der Waals surface area contributed by atoms with Gasteiger partial charge in [-0.15, -0.1) is 0 Å². The van der Waals surface area contributed by atoms with Crippen molar-refractivity contribution in [3.8, 4) is 17.2 Å². The van der Waals surface area contributed by atoms with Crippen LogP contribution in [-0.2, 0) is 5.75 Å². The van der Waals surface area contributed by atoms with Crippen molar-refractivity contribution < 1.29 is 9.15 Å². The van der Waals surface area contributed by atoms with E-state index in [4.69, 9.17) is 9.15 Å². The molecule has 2 heterocycles. The minimum atomic E-state index is 0.598. The van der Waals surface area contributed by atoms with Gasteiger partial charge in [-0.05, 0) is 24.3 Å². The van der Waals surface area contributed by atoms with Gasteiger partial charge in [0.1, 0.15) is 18.3 Å². The summed E-state index contributed by atoms with van der Waals surface area (Å²) in [7, 11) is 1.64. The number of oxazole rings is 1. The van der Waals surface area contributed by atoms with Crippen molar-refractivity contribution in [2.75, 3.05) is 7.11 Å². The van der Waals surface area contributed by atoms with E-state index in [1.54, 1.807) is 13.4 Å². The Kier molecular flexibility index (Phi) is 3.69. The Balaban J connectivity index is 1.69. The molecule has 0 bridgehead atoms.